The molecule has 0 aromatic carbocycles. The van der Waals surface area contributed by atoms with Crippen molar-refractivity contribution in [2.75, 3.05) is 14.1 Å². The first-order valence-electron chi connectivity index (χ1n) is 3.21. The first kappa shape index (κ1) is 7.31. The summed E-state index contributed by atoms with van der Waals surface area (Å²) in [5.41, 5.74) is 4.28. The Morgan fingerprint density at radius 3 is 2.90 bits per heavy atom. The number of hydrazine groups is 1. The molecular weight excluding hydrogens is 128 g/mol. The van der Waals surface area contributed by atoms with Crippen LogP contribution >= 0.6 is 0 Å². The van der Waals surface area contributed by atoms with Crippen LogP contribution in [0.3, 0.4) is 0 Å². The zero-order valence-corrected chi connectivity index (χ0v) is 6.29. The fourth-order valence-corrected chi connectivity index (χ4v) is 0.643. The number of nitrogens with zero attached hydrogens (tertiary/aromatic N) is 1. The predicted octanol–water partition coefficient (Wildman–Crippen LogP) is 0.846. The van der Waals surface area contributed by atoms with Gasteiger partial charge in [-0.1, -0.05) is 0 Å². The Kier molecular flexibility index (Phi) is 2.48. The molecule has 3 heteroatoms. The molecule has 0 atom stereocenters. The molecule has 0 fully saturated rings. The molecule has 0 spiro atoms. The van der Waals surface area contributed by atoms with E-state index in [1.54, 1.807) is 12.5 Å². The molecule has 0 bridgehead atoms. The smallest absolute Gasteiger partial charge is 0.0948 e. The van der Waals surface area contributed by atoms with E-state index in [9.17, 15) is 0 Å². The van der Waals surface area contributed by atoms with Crippen molar-refractivity contribution >= 4 is 0 Å². The van der Waals surface area contributed by atoms with Crippen LogP contribution in [0.15, 0.2) is 23.0 Å². The summed E-state index contributed by atoms with van der Waals surface area (Å²) in [7, 11) is 3.92. The summed E-state index contributed by atoms with van der Waals surface area (Å²) in [6.45, 7) is 0.823. The minimum Gasteiger partial charge on any atom is -0.472 e. The van der Waals surface area contributed by atoms with E-state index in [1.807, 2.05) is 25.2 Å². The van der Waals surface area contributed by atoms with Gasteiger partial charge in [0.2, 0.25) is 0 Å². The van der Waals surface area contributed by atoms with Crippen molar-refractivity contribution in [2.45, 2.75) is 6.54 Å². The van der Waals surface area contributed by atoms with E-state index in [1.165, 1.54) is 0 Å². The van der Waals surface area contributed by atoms with E-state index < -0.39 is 0 Å². The van der Waals surface area contributed by atoms with Gasteiger partial charge in [-0.2, -0.15) is 0 Å². The highest BCUT2D eigenvalue weighted by Crippen LogP contribution is 1.97. The summed E-state index contributed by atoms with van der Waals surface area (Å²) >= 11 is 0. The van der Waals surface area contributed by atoms with Gasteiger partial charge in [0.15, 0.2) is 0 Å². The van der Waals surface area contributed by atoms with Crippen molar-refractivity contribution in [1.82, 2.24) is 10.4 Å². The van der Waals surface area contributed by atoms with Crippen LogP contribution in [0.5, 0.6) is 0 Å². The quantitative estimate of drug-likeness (QED) is 0.631. The van der Waals surface area contributed by atoms with Crippen LogP contribution in [0.25, 0.3) is 0 Å². The maximum absolute atomic E-state index is 4.89. The molecule has 0 aliphatic rings. The van der Waals surface area contributed by atoms with Gasteiger partial charge in [-0.05, 0) is 6.07 Å². The Morgan fingerprint density at radius 2 is 2.40 bits per heavy atom. The summed E-state index contributed by atoms with van der Waals surface area (Å²) in [6, 6.07) is 1.94. The predicted molar refractivity (Wildman–Crippen MR) is 39.2 cm³/mol. The fraction of sp³-hybridized carbons (Fsp3) is 0.429. The van der Waals surface area contributed by atoms with Gasteiger partial charge < -0.3 is 4.42 Å². The molecule has 0 saturated carbocycles. The van der Waals surface area contributed by atoms with E-state index in [-0.39, 0.29) is 0 Å². The Balaban J connectivity index is 2.28. The minimum atomic E-state index is 0.823. The molecule has 1 aromatic heterocycles. The molecule has 0 radical (unpaired) electrons. The van der Waals surface area contributed by atoms with E-state index in [0.717, 1.165) is 12.1 Å². The normalized spacial score (nSPS) is 10.7. The zero-order chi connectivity index (χ0) is 7.40. The number of rotatable bonds is 3. The van der Waals surface area contributed by atoms with Crippen LogP contribution in [-0.2, 0) is 6.54 Å². The standard InChI is InChI=1S/C7H12N2O/c1-9(2)8-5-7-3-4-10-6-7/h3-4,6,8H,5H2,1-2H3. The summed E-state index contributed by atoms with van der Waals surface area (Å²) in [5, 5.41) is 1.91. The molecule has 3 nitrogen and oxygen atoms in total. The van der Waals surface area contributed by atoms with Crippen LogP contribution in [-0.4, -0.2) is 19.1 Å². The van der Waals surface area contributed by atoms with E-state index in [2.05, 4.69) is 5.43 Å². The number of hydrogen-bond acceptors (Lipinski definition) is 3. The second-order valence-electron chi connectivity index (χ2n) is 2.36. The fourth-order valence-electron chi connectivity index (χ4n) is 0.643. The van der Waals surface area contributed by atoms with Crippen molar-refractivity contribution in [3.05, 3.63) is 24.2 Å². The van der Waals surface area contributed by atoms with Crippen molar-refractivity contribution in [3.63, 3.8) is 0 Å². The van der Waals surface area contributed by atoms with Gasteiger partial charge >= 0.3 is 0 Å². The third-order valence-electron chi connectivity index (χ3n) is 1.18. The highest BCUT2D eigenvalue weighted by atomic mass is 16.3. The highest BCUT2D eigenvalue weighted by Gasteiger charge is 1.92. The minimum absolute atomic E-state index is 0.823. The lowest BCUT2D eigenvalue weighted by Gasteiger charge is -2.09. The monoisotopic (exact) mass is 140 g/mol. The summed E-state index contributed by atoms with van der Waals surface area (Å²) in [5.74, 6) is 0. The molecule has 1 N–H and O–H groups in total. The van der Waals surface area contributed by atoms with Gasteiger partial charge in [-0.3, -0.25) is 10.4 Å². The van der Waals surface area contributed by atoms with Gasteiger partial charge in [-0.25, -0.2) is 0 Å². The molecule has 1 heterocycles. The third kappa shape index (κ3) is 2.21. The Labute approximate surface area is 60.6 Å². The highest BCUT2D eigenvalue weighted by molar-refractivity contribution is 5.03. The van der Waals surface area contributed by atoms with Crippen LogP contribution in [0, 0.1) is 0 Å². The van der Waals surface area contributed by atoms with E-state index in [4.69, 9.17) is 4.42 Å². The molecular formula is C7H12N2O. The van der Waals surface area contributed by atoms with Crippen molar-refractivity contribution in [2.24, 2.45) is 0 Å². The average Bonchev–Trinajstić information content (AvgIpc) is 2.34. The molecule has 0 unspecified atom stereocenters. The van der Waals surface area contributed by atoms with Gasteiger partial charge in [0.1, 0.15) is 0 Å². The number of nitrogens with one attached hydrogen (secondary N) is 1. The lowest BCUT2D eigenvalue weighted by atomic mass is 10.3. The summed E-state index contributed by atoms with van der Waals surface area (Å²) < 4.78 is 4.89. The lowest BCUT2D eigenvalue weighted by molar-refractivity contribution is 0.285. The van der Waals surface area contributed by atoms with Gasteiger partial charge in [0.25, 0.3) is 0 Å². The number of hydrogen-bond donors (Lipinski definition) is 1. The molecule has 1 rings (SSSR count). The second kappa shape index (κ2) is 3.39. The molecule has 0 aliphatic carbocycles. The maximum atomic E-state index is 4.89. The second-order valence-corrected chi connectivity index (χ2v) is 2.36. The largest absolute Gasteiger partial charge is 0.472 e. The summed E-state index contributed by atoms with van der Waals surface area (Å²) in [6.07, 6.45) is 3.41. The van der Waals surface area contributed by atoms with E-state index >= 15 is 0 Å². The molecule has 56 valence electrons. The Morgan fingerprint density at radius 1 is 1.60 bits per heavy atom. The Bertz CT molecular complexity index is 170. The number of furan rings is 1. The van der Waals surface area contributed by atoms with Crippen LogP contribution < -0.4 is 5.43 Å². The zero-order valence-electron chi connectivity index (χ0n) is 6.29. The maximum Gasteiger partial charge on any atom is 0.0948 e. The van der Waals surface area contributed by atoms with Gasteiger partial charge in [0, 0.05) is 26.2 Å². The topological polar surface area (TPSA) is 28.4 Å². The van der Waals surface area contributed by atoms with Crippen molar-refractivity contribution in [3.8, 4) is 0 Å². The molecule has 1 aromatic rings. The van der Waals surface area contributed by atoms with Gasteiger partial charge in [0.05, 0.1) is 12.5 Å². The molecule has 0 aliphatic heterocycles. The van der Waals surface area contributed by atoms with E-state index in [0.29, 0.717) is 0 Å². The molecule has 0 amide bonds. The SMILES string of the molecule is CN(C)NCc1ccoc1. The van der Waals surface area contributed by atoms with Gasteiger partial charge in [-0.15, -0.1) is 0 Å². The van der Waals surface area contributed by atoms with Crippen LogP contribution in [0.2, 0.25) is 0 Å². The first-order chi connectivity index (χ1) is 4.79. The molecule has 0 saturated heterocycles. The van der Waals surface area contributed by atoms with Crippen LogP contribution in [0.1, 0.15) is 5.56 Å². The first-order valence-corrected chi connectivity index (χ1v) is 3.21. The Hall–Kier alpha value is -0.800. The average molecular weight is 140 g/mol. The van der Waals surface area contributed by atoms with Crippen molar-refractivity contribution in [1.29, 1.82) is 0 Å². The van der Waals surface area contributed by atoms with Crippen molar-refractivity contribution < 1.29 is 4.42 Å². The van der Waals surface area contributed by atoms with Crippen LogP contribution in [0.4, 0.5) is 0 Å². The summed E-state index contributed by atoms with van der Waals surface area (Å²) in [4.78, 5) is 0. The molecule has 10 heavy (non-hydrogen) atoms. The third-order valence-corrected chi connectivity index (χ3v) is 1.18. The lowest BCUT2D eigenvalue weighted by Crippen LogP contribution is -2.29.